The van der Waals surface area contributed by atoms with E-state index < -0.39 is 0 Å². The lowest BCUT2D eigenvalue weighted by atomic mass is 10.2. The number of hydrogen-bond donors (Lipinski definition) is 0. The molecule has 7 rings (SSSR count). The van der Waals surface area contributed by atoms with E-state index in [0.717, 1.165) is 33.3 Å². The molecule has 0 aliphatic heterocycles. The Labute approximate surface area is 196 Å². The van der Waals surface area contributed by atoms with E-state index in [1.807, 2.05) is 102 Å². The molecule has 34 heavy (non-hydrogen) atoms. The van der Waals surface area contributed by atoms with Gasteiger partial charge in [-0.1, -0.05) is 59.9 Å². The van der Waals surface area contributed by atoms with Crippen molar-refractivity contribution in [2.75, 3.05) is 0 Å². The highest BCUT2D eigenvalue weighted by Crippen LogP contribution is 2.30. The second kappa shape index (κ2) is 7.26. The van der Waals surface area contributed by atoms with Gasteiger partial charge < -0.3 is 4.42 Å². The van der Waals surface area contributed by atoms with Crippen molar-refractivity contribution < 1.29 is 4.42 Å². The minimum atomic E-state index is -0.0864. The van der Waals surface area contributed by atoms with Crippen molar-refractivity contribution in [3.05, 3.63) is 112 Å². The third-order valence-electron chi connectivity index (χ3n) is 5.85. The molecule has 4 aromatic heterocycles. The largest absolute Gasteiger partial charge is 0.454 e. The Morgan fingerprint density at radius 2 is 1.71 bits per heavy atom. The zero-order chi connectivity index (χ0) is 22.6. The first-order valence-corrected chi connectivity index (χ1v) is 11.6. The molecule has 162 valence electrons. The number of hydrogen-bond acceptors (Lipinski definition) is 5. The second-order valence-electron chi connectivity index (χ2n) is 8.00. The van der Waals surface area contributed by atoms with Gasteiger partial charge in [-0.3, -0.25) is 4.79 Å². The standard InChI is InChI=1S/C27H16N4O2S/c32-26-24(34-27-28-20-11-5-6-12-21(20)31(26)27)15-18-16-30(19-9-2-1-3-10-19)29-25(18)23-14-17-8-4-7-13-22(17)33-23/h1-16H. The molecular weight excluding hydrogens is 444 g/mol. The summed E-state index contributed by atoms with van der Waals surface area (Å²) in [5.74, 6) is 0.654. The number of rotatable bonds is 3. The Hall–Kier alpha value is -4.49. The monoisotopic (exact) mass is 460 g/mol. The first-order chi connectivity index (χ1) is 16.7. The molecule has 0 saturated heterocycles. The molecule has 0 amide bonds. The zero-order valence-corrected chi connectivity index (χ0v) is 18.6. The number of benzene rings is 3. The fraction of sp³-hybridized carbons (Fsp3) is 0. The van der Waals surface area contributed by atoms with Crippen LogP contribution in [0.15, 0.2) is 100 Å². The maximum absolute atomic E-state index is 13.3. The number of fused-ring (bicyclic) bond motifs is 4. The molecule has 0 atom stereocenters. The van der Waals surface area contributed by atoms with Crippen LogP contribution in [-0.4, -0.2) is 19.2 Å². The van der Waals surface area contributed by atoms with Crippen molar-refractivity contribution >= 4 is 44.4 Å². The Morgan fingerprint density at radius 1 is 0.912 bits per heavy atom. The normalized spacial score (nSPS) is 12.4. The highest BCUT2D eigenvalue weighted by Gasteiger charge is 2.17. The van der Waals surface area contributed by atoms with E-state index in [4.69, 9.17) is 9.52 Å². The molecule has 0 saturated carbocycles. The van der Waals surface area contributed by atoms with Crippen LogP contribution >= 0.6 is 11.3 Å². The lowest BCUT2D eigenvalue weighted by Crippen LogP contribution is -2.22. The maximum atomic E-state index is 13.3. The minimum Gasteiger partial charge on any atom is -0.454 e. The second-order valence-corrected chi connectivity index (χ2v) is 9.01. The van der Waals surface area contributed by atoms with Gasteiger partial charge in [0, 0.05) is 17.1 Å². The lowest BCUT2D eigenvalue weighted by molar-refractivity contribution is 0.627. The van der Waals surface area contributed by atoms with Crippen LogP contribution in [0.4, 0.5) is 0 Å². The van der Waals surface area contributed by atoms with Crippen molar-refractivity contribution in [1.82, 2.24) is 19.2 Å². The van der Waals surface area contributed by atoms with Crippen LogP contribution in [-0.2, 0) is 0 Å². The molecular formula is C27H16N4O2S. The Balaban J connectivity index is 1.47. The van der Waals surface area contributed by atoms with Gasteiger partial charge in [0.05, 0.1) is 21.3 Å². The summed E-state index contributed by atoms with van der Waals surface area (Å²) in [6, 6.07) is 27.4. The van der Waals surface area contributed by atoms with Gasteiger partial charge in [-0.05, 0) is 42.5 Å². The third-order valence-corrected chi connectivity index (χ3v) is 6.82. The minimum absolute atomic E-state index is 0.0864. The third kappa shape index (κ3) is 2.91. The van der Waals surface area contributed by atoms with Crippen molar-refractivity contribution in [3.63, 3.8) is 0 Å². The molecule has 7 heteroatoms. The van der Waals surface area contributed by atoms with Gasteiger partial charge >= 0.3 is 0 Å². The van der Waals surface area contributed by atoms with Gasteiger partial charge in [-0.15, -0.1) is 0 Å². The van der Waals surface area contributed by atoms with E-state index >= 15 is 0 Å². The number of aromatic nitrogens is 4. The van der Waals surface area contributed by atoms with E-state index in [0.29, 0.717) is 20.9 Å². The summed E-state index contributed by atoms with van der Waals surface area (Å²) in [7, 11) is 0. The van der Waals surface area contributed by atoms with Crippen LogP contribution in [0.3, 0.4) is 0 Å². The Kier molecular flexibility index (Phi) is 4.06. The number of thiazole rings is 1. The zero-order valence-electron chi connectivity index (χ0n) is 17.8. The van der Waals surface area contributed by atoms with Gasteiger partial charge in [0.25, 0.3) is 5.56 Å². The van der Waals surface area contributed by atoms with Gasteiger partial charge in [0.2, 0.25) is 0 Å². The van der Waals surface area contributed by atoms with Crippen LogP contribution in [0.2, 0.25) is 0 Å². The van der Waals surface area contributed by atoms with E-state index in [1.54, 1.807) is 4.40 Å². The highest BCUT2D eigenvalue weighted by atomic mass is 32.1. The number of imidazole rings is 1. The Morgan fingerprint density at radius 3 is 2.59 bits per heavy atom. The summed E-state index contributed by atoms with van der Waals surface area (Å²) >= 11 is 1.37. The quantitative estimate of drug-likeness (QED) is 0.370. The molecule has 0 aliphatic rings. The topological polar surface area (TPSA) is 65.3 Å². The van der Waals surface area contributed by atoms with E-state index in [2.05, 4.69) is 4.98 Å². The van der Waals surface area contributed by atoms with Crippen LogP contribution in [0.5, 0.6) is 0 Å². The fourth-order valence-electron chi connectivity index (χ4n) is 4.25. The summed E-state index contributed by atoms with van der Waals surface area (Å²) in [6.07, 6.45) is 3.81. The molecule has 0 aliphatic carbocycles. The van der Waals surface area contributed by atoms with E-state index in [-0.39, 0.29) is 5.56 Å². The molecule has 0 unspecified atom stereocenters. The summed E-state index contributed by atoms with van der Waals surface area (Å²) in [5, 5.41) is 5.84. The smallest absolute Gasteiger partial charge is 0.274 e. The number of nitrogens with zero attached hydrogens (tertiary/aromatic N) is 4. The van der Waals surface area contributed by atoms with Gasteiger partial charge in [-0.25, -0.2) is 14.1 Å². The van der Waals surface area contributed by atoms with E-state index in [1.165, 1.54) is 11.3 Å². The van der Waals surface area contributed by atoms with Crippen LogP contribution < -0.4 is 10.1 Å². The molecule has 0 fully saturated rings. The lowest BCUT2D eigenvalue weighted by Gasteiger charge is -1.98. The predicted octanol–water partition coefficient (Wildman–Crippen LogP) is 5.06. The van der Waals surface area contributed by atoms with Crippen LogP contribution in [0.1, 0.15) is 5.56 Å². The Bertz CT molecular complexity index is 1910. The average Bonchev–Trinajstić information content (AvgIpc) is 3.62. The SMILES string of the molecule is O=c1c(=Cc2cn(-c3ccccc3)nc2-c2cc3ccccc3o2)sc2nc3ccccc3n12. The average molecular weight is 461 g/mol. The van der Waals surface area contributed by atoms with Crippen molar-refractivity contribution in [2.24, 2.45) is 0 Å². The van der Waals surface area contributed by atoms with Gasteiger partial charge in [0.15, 0.2) is 10.7 Å². The summed E-state index contributed by atoms with van der Waals surface area (Å²) < 4.78 is 10.2. The fourth-order valence-corrected chi connectivity index (χ4v) is 5.23. The summed E-state index contributed by atoms with van der Waals surface area (Å²) in [6.45, 7) is 0. The molecule has 3 aromatic carbocycles. The van der Waals surface area contributed by atoms with E-state index in [9.17, 15) is 4.79 Å². The van der Waals surface area contributed by atoms with Crippen molar-refractivity contribution in [3.8, 4) is 17.1 Å². The molecule has 0 N–H and O–H groups in total. The highest BCUT2D eigenvalue weighted by molar-refractivity contribution is 7.15. The van der Waals surface area contributed by atoms with Crippen LogP contribution in [0.25, 0.3) is 50.2 Å². The van der Waals surface area contributed by atoms with Crippen molar-refractivity contribution in [1.29, 1.82) is 0 Å². The maximum Gasteiger partial charge on any atom is 0.274 e. The summed E-state index contributed by atoms with van der Waals surface area (Å²) in [4.78, 5) is 18.6. The van der Waals surface area contributed by atoms with Gasteiger partial charge in [-0.2, -0.15) is 5.10 Å². The molecule has 6 nitrogen and oxygen atoms in total. The molecule has 4 heterocycles. The van der Waals surface area contributed by atoms with Crippen molar-refractivity contribution in [2.45, 2.75) is 0 Å². The first kappa shape index (κ1) is 19.0. The summed E-state index contributed by atoms with van der Waals surface area (Å²) in [5.41, 5.74) is 4.74. The number of para-hydroxylation sites is 4. The van der Waals surface area contributed by atoms with Crippen LogP contribution in [0, 0.1) is 0 Å². The molecule has 7 aromatic rings. The number of furan rings is 1. The molecule has 0 bridgehead atoms. The first-order valence-electron chi connectivity index (χ1n) is 10.8. The molecule has 0 spiro atoms. The predicted molar refractivity (Wildman–Crippen MR) is 134 cm³/mol. The van der Waals surface area contributed by atoms with Gasteiger partial charge in [0.1, 0.15) is 11.3 Å². The molecule has 0 radical (unpaired) electrons.